The number of rotatable bonds is 4. The van der Waals surface area contributed by atoms with Gasteiger partial charge in [0.05, 0.1) is 5.56 Å². The largest absolute Gasteiger partial charge is 0.339 e. The first kappa shape index (κ1) is 19.4. The van der Waals surface area contributed by atoms with E-state index in [0.717, 1.165) is 39.0 Å². The topological polar surface area (TPSA) is 60.9 Å². The fraction of sp³-hybridized carbons (Fsp3) is 0.737. The summed E-state index contributed by atoms with van der Waals surface area (Å²) in [5, 5.41) is 1.70. The molecule has 0 N–H and O–H groups in total. The first-order valence-corrected chi connectivity index (χ1v) is 12.5. The van der Waals surface area contributed by atoms with E-state index in [9.17, 15) is 13.2 Å². The van der Waals surface area contributed by atoms with Crippen molar-refractivity contribution in [2.45, 2.75) is 55.2 Å². The lowest BCUT2D eigenvalue weighted by Crippen LogP contribution is -2.52. The van der Waals surface area contributed by atoms with Gasteiger partial charge in [0.25, 0.3) is 15.9 Å². The van der Waals surface area contributed by atoms with Crippen molar-refractivity contribution in [3.05, 3.63) is 17.0 Å². The molecule has 0 bridgehead atoms. The average molecular weight is 412 g/mol. The minimum Gasteiger partial charge on any atom is -0.339 e. The maximum Gasteiger partial charge on any atom is 0.254 e. The molecule has 1 saturated carbocycles. The SMILES string of the molecule is O=C(c1csc(S(=O)(=O)N2CCN(C3CCCCC3)CC2)c1)N1CCCC1. The zero-order valence-electron chi connectivity index (χ0n) is 15.8. The molecule has 1 amide bonds. The van der Waals surface area contributed by atoms with Crippen LogP contribution in [0.2, 0.25) is 0 Å². The van der Waals surface area contributed by atoms with Crippen LogP contribution >= 0.6 is 11.3 Å². The lowest BCUT2D eigenvalue weighted by Gasteiger charge is -2.40. The van der Waals surface area contributed by atoms with Crippen molar-refractivity contribution < 1.29 is 13.2 Å². The van der Waals surface area contributed by atoms with Gasteiger partial charge in [-0.05, 0) is 31.7 Å². The number of carbonyl (C=O) groups is 1. The summed E-state index contributed by atoms with van der Waals surface area (Å²) in [5.74, 6) is -0.0349. The fourth-order valence-electron chi connectivity index (χ4n) is 4.55. The smallest absolute Gasteiger partial charge is 0.254 e. The van der Waals surface area contributed by atoms with Crippen LogP contribution in [0.15, 0.2) is 15.7 Å². The molecular formula is C19H29N3O3S2. The van der Waals surface area contributed by atoms with Gasteiger partial charge in [-0.25, -0.2) is 8.42 Å². The van der Waals surface area contributed by atoms with E-state index >= 15 is 0 Å². The number of nitrogens with zero attached hydrogens (tertiary/aromatic N) is 3. The van der Waals surface area contributed by atoms with Gasteiger partial charge in [-0.15, -0.1) is 11.3 Å². The highest BCUT2D eigenvalue weighted by Crippen LogP contribution is 2.28. The molecule has 6 nitrogen and oxygen atoms in total. The molecule has 0 unspecified atom stereocenters. The van der Waals surface area contributed by atoms with Crippen molar-refractivity contribution >= 4 is 27.3 Å². The summed E-state index contributed by atoms with van der Waals surface area (Å²) in [5.41, 5.74) is 0.515. The van der Waals surface area contributed by atoms with Crippen LogP contribution in [-0.2, 0) is 10.0 Å². The number of hydrogen-bond donors (Lipinski definition) is 0. The van der Waals surface area contributed by atoms with Crippen molar-refractivity contribution in [3.63, 3.8) is 0 Å². The fourth-order valence-corrected chi connectivity index (χ4v) is 7.28. The highest BCUT2D eigenvalue weighted by molar-refractivity contribution is 7.91. The molecule has 1 aromatic heterocycles. The Kier molecular flexibility index (Phi) is 5.87. The standard InChI is InChI=1S/C19H29N3O3S2/c23-19(21-8-4-5-9-21)16-14-18(26-15-16)27(24,25)22-12-10-20(11-13-22)17-6-2-1-3-7-17/h14-15,17H,1-13H2. The van der Waals surface area contributed by atoms with Gasteiger partial charge in [0.1, 0.15) is 4.21 Å². The van der Waals surface area contributed by atoms with E-state index in [0.29, 0.717) is 28.9 Å². The van der Waals surface area contributed by atoms with Gasteiger partial charge in [0.2, 0.25) is 0 Å². The lowest BCUT2D eigenvalue weighted by molar-refractivity contribution is 0.0793. The van der Waals surface area contributed by atoms with Crippen LogP contribution in [0.4, 0.5) is 0 Å². The van der Waals surface area contributed by atoms with Crippen molar-refractivity contribution in [3.8, 4) is 0 Å². The Hall–Kier alpha value is -0.960. The molecule has 0 atom stereocenters. The number of hydrogen-bond acceptors (Lipinski definition) is 5. The number of carbonyl (C=O) groups excluding carboxylic acids is 1. The maximum atomic E-state index is 13.0. The van der Waals surface area contributed by atoms with E-state index in [4.69, 9.17) is 0 Å². The van der Waals surface area contributed by atoms with Gasteiger partial charge in [-0.1, -0.05) is 19.3 Å². The Labute approximate surface area is 166 Å². The molecule has 150 valence electrons. The van der Waals surface area contributed by atoms with Crippen LogP contribution < -0.4 is 0 Å². The Morgan fingerprint density at radius 3 is 2.26 bits per heavy atom. The van der Waals surface area contributed by atoms with Crippen LogP contribution in [0.25, 0.3) is 0 Å². The van der Waals surface area contributed by atoms with Crippen molar-refractivity contribution in [1.29, 1.82) is 0 Å². The third-order valence-corrected chi connectivity index (χ3v) is 9.49. The molecule has 0 aromatic carbocycles. The highest BCUT2D eigenvalue weighted by Gasteiger charge is 2.33. The van der Waals surface area contributed by atoms with Gasteiger partial charge in [-0.2, -0.15) is 4.31 Å². The molecular weight excluding hydrogens is 382 g/mol. The number of piperazine rings is 1. The van der Waals surface area contributed by atoms with E-state index in [1.165, 1.54) is 43.4 Å². The van der Waals surface area contributed by atoms with Crippen molar-refractivity contribution in [2.75, 3.05) is 39.3 Å². The first-order chi connectivity index (χ1) is 13.1. The summed E-state index contributed by atoms with van der Waals surface area (Å²) < 4.78 is 27.9. The van der Waals surface area contributed by atoms with Crippen LogP contribution in [0.3, 0.4) is 0 Å². The molecule has 3 fully saturated rings. The van der Waals surface area contributed by atoms with E-state index in [-0.39, 0.29) is 5.91 Å². The number of sulfonamides is 1. The molecule has 3 heterocycles. The predicted molar refractivity (Wildman–Crippen MR) is 107 cm³/mol. The summed E-state index contributed by atoms with van der Waals surface area (Å²) >= 11 is 1.18. The van der Waals surface area contributed by atoms with Gasteiger partial charge in [0.15, 0.2) is 0 Å². The van der Waals surface area contributed by atoms with Gasteiger partial charge < -0.3 is 4.90 Å². The lowest BCUT2D eigenvalue weighted by atomic mass is 9.94. The molecule has 8 heteroatoms. The van der Waals surface area contributed by atoms with Crippen LogP contribution in [0.1, 0.15) is 55.3 Å². The number of likely N-dealkylation sites (tertiary alicyclic amines) is 1. The summed E-state index contributed by atoms with van der Waals surface area (Å²) in [6.07, 6.45) is 8.50. The Bertz CT molecular complexity index is 757. The second-order valence-electron chi connectivity index (χ2n) is 7.89. The zero-order chi connectivity index (χ0) is 18.9. The number of thiophene rings is 1. The second kappa shape index (κ2) is 8.19. The van der Waals surface area contributed by atoms with E-state index < -0.39 is 10.0 Å². The maximum absolute atomic E-state index is 13.0. The minimum atomic E-state index is -3.50. The third-order valence-electron chi connectivity index (χ3n) is 6.17. The molecule has 1 aromatic rings. The molecule has 27 heavy (non-hydrogen) atoms. The van der Waals surface area contributed by atoms with Gasteiger partial charge in [-0.3, -0.25) is 9.69 Å². The van der Waals surface area contributed by atoms with Crippen LogP contribution in [-0.4, -0.2) is 73.7 Å². The van der Waals surface area contributed by atoms with E-state index in [2.05, 4.69) is 4.90 Å². The van der Waals surface area contributed by atoms with E-state index in [1.807, 2.05) is 4.90 Å². The van der Waals surface area contributed by atoms with Crippen LogP contribution in [0.5, 0.6) is 0 Å². The Morgan fingerprint density at radius 1 is 0.926 bits per heavy atom. The van der Waals surface area contributed by atoms with Gasteiger partial charge >= 0.3 is 0 Å². The van der Waals surface area contributed by atoms with Gasteiger partial charge in [0, 0.05) is 50.7 Å². The average Bonchev–Trinajstić information content (AvgIpc) is 3.41. The molecule has 2 saturated heterocycles. The molecule has 2 aliphatic heterocycles. The molecule has 4 rings (SSSR count). The third kappa shape index (κ3) is 4.09. The van der Waals surface area contributed by atoms with Crippen LogP contribution in [0, 0.1) is 0 Å². The predicted octanol–water partition coefficient (Wildman–Crippen LogP) is 2.62. The van der Waals surface area contributed by atoms with Crippen molar-refractivity contribution in [1.82, 2.24) is 14.1 Å². The first-order valence-electron chi connectivity index (χ1n) is 10.2. The summed E-state index contributed by atoms with van der Waals surface area (Å²) in [4.78, 5) is 16.8. The monoisotopic (exact) mass is 411 g/mol. The van der Waals surface area contributed by atoms with Crippen molar-refractivity contribution in [2.24, 2.45) is 0 Å². The molecule has 0 spiro atoms. The quantitative estimate of drug-likeness (QED) is 0.764. The number of amides is 1. The zero-order valence-corrected chi connectivity index (χ0v) is 17.4. The Balaban J connectivity index is 1.39. The Morgan fingerprint density at radius 2 is 1.59 bits per heavy atom. The highest BCUT2D eigenvalue weighted by atomic mass is 32.2. The minimum absolute atomic E-state index is 0.0349. The summed E-state index contributed by atoms with van der Waals surface area (Å²) in [6.45, 7) is 4.28. The molecule has 1 aliphatic carbocycles. The summed E-state index contributed by atoms with van der Waals surface area (Å²) in [7, 11) is -3.50. The summed E-state index contributed by atoms with van der Waals surface area (Å²) in [6, 6.07) is 2.21. The normalized spacial score (nSPS) is 23.8. The second-order valence-corrected chi connectivity index (χ2v) is 11.0. The molecule has 0 radical (unpaired) electrons. The molecule has 3 aliphatic rings. The van der Waals surface area contributed by atoms with E-state index in [1.54, 1.807) is 15.8 Å².